The van der Waals surface area contributed by atoms with E-state index in [1.807, 2.05) is 42.5 Å². The molecule has 3 nitrogen and oxygen atoms in total. The molecule has 0 N–H and O–H groups in total. The lowest BCUT2D eigenvalue weighted by Gasteiger charge is -2.00. The van der Waals surface area contributed by atoms with Crippen molar-refractivity contribution in [2.24, 2.45) is 0 Å². The van der Waals surface area contributed by atoms with Gasteiger partial charge in [-0.25, -0.2) is 9.97 Å². The third-order valence-electron chi connectivity index (χ3n) is 3.32. The van der Waals surface area contributed by atoms with Gasteiger partial charge in [-0.2, -0.15) is 0 Å². The van der Waals surface area contributed by atoms with Crippen molar-refractivity contribution in [2.45, 2.75) is 8.68 Å². The first kappa shape index (κ1) is 14.7. The molecule has 0 amide bonds. The van der Waals surface area contributed by atoms with Crippen LogP contribution in [0.25, 0.3) is 21.5 Å². The number of aromatic nitrogens is 2. The van der Waals surface area contributed by atoms with Gasteiger partial charge in [0.2, 0.25) is 0 Å². The maximum absolute atomic E-state index is 5.19. The third-order valence-corrected chi connectivity index (χ3v) is 6.35. The van der Waals surface area contributed by atoms with E-state index in [0.29, 0.717) is 0 Å². The summed E-state index contributed by atoms with van der Waals surface area (Å²) < 4.78 is 8.44. The molecule has 0 unspecified atom stereocenters. The predicted octanol–water partition coefficient (Wildman–Crippen LogP) is 5.58. The summed E-state index contributed by atoms with van der Waals surface area (Å²) in [7, 11) is 1.67. The molecular weight excluding hydrogens is 344 g/mol. The summed E-state index contributed by atoms with van der Waals surface area (Å²) in [4.78, 5) is 9.35. The maximum Gasteiger partial charge on any atom is 0.158 e. The molecule has 0 saturated heterocycles. The van der Waals surface area contributed by atoms with Gasteiger partial charge in [-0.3, -0.25) is 0 Å². The van der Waals surface area contributed by atoms with Crippen LogP contribution >= 0.6 is 34.4 Å². The molecule has 0 aliphatic rings. The number of thiazole rings is 2. The van der Waals surface area contributed by atoms with E-state index >= 15 is 0 Å². The highest BCUT2D eigenvalue weighted by Crippen LogP contribution is 2.37. The van der Waals surface area contributed by atoms with Gasteiger partial charge in [-0.1, -0.05) is 12.1 Å². The molecule has 4 aromatic rings. The fourth-order valence-electron chi connectivity index (χ4n) is 2.17. The first-order valence-electron chi connectivity index (χ1n) is 6.95. The zero-order valence-electron chi connectivity index (χ0n) is 12.2. The molecule has 0 bridgehead atoms. The second-order valence-electron chi connectivity index (χ2n) is 4.78. The van der Waals surface area contributed by atoms with Gasteiger partial charge < -0.3 is 4.74 Å². The first-order chi connectivity index (χ1) is 11.3. The van der Waals surface area contributed by atoms with Crippen molar-refractivity contribution in [2.75, 3.05) is 7.11 Å². The summed E-state index contributed by atoms with van der Waals surface area (Å²) in [6, 6.07) is 16.2. The van der Waals surface area contributed by atoms with E-state index < -0.39 is 0 Å². The summed E-state index contributed by atoms with van der Waals surface area (Å²) in [6.45, 7) is 0. The van der Waals surface area contributed by atoms with E-state index in [2.05, 4.69) is 16.4 Å². The van der Waals surface area contributed by atoms with Crippen LogP contribution in [0.3, 0.4) is 0 Å². The summed E-state index contributed by atoms with van der Waals surface area (Å²) >= 11 is 4.98. The molecule has 2 heterocycles. The Bertz CT molecular complexity index is 911. The molecule has 6 heteroatoms. The predicted molar refractivity (Wildman–Crippen MR) is 97.8 cm³/mol. The molecule has 0 fully saturated rings. The number of fused-ring (bicyclic) bond motifs is 1. The highest BCUT2D eigenvalue weighted by Gasteiger charge is 2.10. The van der Waals surface area contributed by atoms with E-state index in [-0.39, 0.29) is 0 Å². The molecular formula is C17H12N2OS3. The molecule has 0 aliphatic carbocycles. The van der Waals surface area contributed by atoms with E-state index in [9.17, 15) is 0 Å². The number of rotatable bonds is 4. The number of hydrogen-bond donors (Lipinski definition) is 0. The van der Waals surface area contributed by atoms with E-state index in [4.69, 9.17) is 9.72 Å². The number of ether oxygens (including phenoxy) is 1. The van der Waals surface area contributed by atoms with Crippen molar-refractivity contribution in [1.29, 1.82) is 0 Å². The Morgan fingerprint density at radius 2 is 1.78 bits per heavy atom. The van der Waals surface area contributed by atoms with Gasteiger partial charge in [0.05, 0.1) is 23.0 Å². The maximum atomic E-state index is 5.19. The Labute approximate surface area is 146 Å². The molecule has 0 aliphatic heterocycles. The lowest BCUT2D eigenvalue weighted by Crippen LogP contribution is -1.82. The molecule has 2 aromatic carbocycles. The largest absolute Gasteiger partial charge is 0.497 e. The standard InChI is InChI=1S/C17H12N2OS3/c1-20-12-8-6-11(7-9-12)14-10-21-16(19-14)23-17-18-13-4-2-3-5-15(13)22-17/h2-10H,1H3. The van der Waals surface area contributed by atoms with E-state index in [1.165, 1.54) is 4.70 Å². The average molecular weight is 356 g/mol. The first-order valence-corrected chi connectivity index (χ1v) is 9.46. The number of benzene rings is 2. The van der Waals surface area contributed by atoms with Gasteiger partial charge in [0.15, 0.2) is 8.68 Å². The van der Waals surface area contributed by atoms with Crippen molar-refractivity contribution in [1.82, 2.24) is 9.97 Å². The molecule has 23 heavy (non-hydrogen) atoms. The Morgan fingerprint density at radius 3 is 2.57 bits per heavy atom. The van der Waals surface area contributed by atoms with Crippen molar-refractivity contribution < 1.29 is 4.74 Å². The lowest BCUT2D eigenvalue weighted by atomic mass is 10.2. The monoisotopic (exact) mass is 356 g/mol. The summed E-state index contributed by atoms with van der Waals surface area (Å²) in [5, 5.41) is 2.08. The van der Waals surface area contributed by atoms with Gasteiger partial charge in [0.25, 0.3) is 0 Å². The number of methoxy groups -OCH3 is 1. The van der Waals surface area contributed by atoms with Crippen LogP contribution in [0.4, 0.5) is 0 Å². The molecule has 0 atom stereocenters. The van der Waals surface area contributed by atoms with Crippen LogP contribution in [0.15, 0.2) is 62.6 Å². The van der Waals surface area contributed by atoms with Crippen LogP contribution in [0.2, 0.25) is 0 Å². The van der Waals surface area contributed by atoms with Gasteiger partial charge in [-0.15, -0.1) is 22.7 Å². The second kappa shape index (κ2) is 6.31. The second-order valence-corrected chi connectivity index (χ2v) is 8.16. The zero-order valence-corrected chi connectivity index (χ0v) is 14.7. The number of para-hydroxylation sites is 1. The smallest absolute Gasteiger partial charge is 0.158 e. The van der Waals surface area contributed by atoms with Gasteiger partial charge in [0, 0.05) is 10.9 Å². The van der Waals surface area contributed by atoms with Gasteiger partial charge in [0.1, 0.15) is 5.75 Å². The van der Waals surface area contributed by atoms with Crippen molar-refractivity contribution in [3.05, 3.63) is 53.9 Å². The van der Waals surface area contributed by atoms with Crippen LogP contribution < -0.4 is 4.74 Å². The van der Waals surface area contributed by atoms with Gasteiger partial charge >= 0.3 is 0 Å². The summed E-state index contributed by atoms with van der Waals surface area (Å²) in [6.07, 6.45) is 0. The molecule has 0 saturated carbocycles. The molecule has 0 radical (unpaired) electrons. The molecule has 2 aromatic heterocycles. The van der Waals surface area contributed by atoms with Crippen LogP contribution in [-0.4, -0.2) is 17.1 Å². The van der Waals surface area contributed by atoms with E-state index in [1.54, 1.807) is 41.5 Å². The minimum atomic E-state index is 0.855. The zero-order chi connectivity index (χ0) is 15.6. The molecule has 4 rings (SSSR count). The summed E-state index contributed by atoms with van der Waals surface area (Å²) in [5.41, 5.74) is 3.13. The molecule has 114 valence electrons. The average Bonchev–Trinajstić information content (AvgIpc) is 3.21. The van der Waals surface area contributed by atoms with Crippen LogP contribution in [0, 0.1) is 0 Å². The Balaban J connectivity index is 1.57. The Hall–Kier alpha value is -1.89. The van der Waals surface area contributed by atoms with E-state index in [0.717, 1.165) is 31.2 Å². The van der Waals surface area contributed by atoms with Crippen molar-refractivity contribution in [3.63, 3.8) is 0 Å². The quantitative estimate of drug-likeness (QED) is 0.478. The molecule has 0 spiro atoms. The van der Waals surface area contributed by atoms with Crippen LogP contribution in [0.5, 0.6) is 5.75 Å². The number of hydrogen-bond acceptors (Lipinski definition) is 6. The van der Waals surface area contributed by atoms with Crippen LogP contribution in [-0.2, 0) is 0 Å². The Kier molecular flexibility index (Phi) is 4.03. The van der Waals surface area contributed by atoms with Crippen molar-refractivity contribution >= 4 is 44.7 Å². The topological polar surface area (TPSA) is 35.0 Å². The summed E-state index contributed by atoms with van der Waals surface area (Å²) in [5.74, 6) is 0.855. The highest BCUT2D eigenvalue weighted by atomic mass is 32.2. The lowest BCUT2D eigenvalue weighted by molar-refractivity contribution is 0.415. The fraction of sp³-hybridized carbons (Fsp3) is 0.0588. The number of nitrogens with zero attached hydrogens (tertiary/aromatic N) is 2. The third kappa shape index (κ3) is 3.10. The van der Waals surface area contributed by atoms with Gasteiger partial charge in [-0.05, 0) is 48.2 Å². The highest BCUT2D eigenvalue weighted by molar-refractivity contribution is 8.02. The minimum absolute atomic E-state index is 0.855. The van der Waals surface area contributed by atoms with Crippen LogP contribution in [0.1, 0.15) is 0 Å². The SMILES string of the molecule is COc1ccc(-c2csc(Sc3nc4ccccc4s3)n2)cc1. The fourth-order valence-corrected chi connectivity index (χ4v) is 5.26. The van der Waals surface area contributed by atoms with Crippen molar-refractivity contribution in [3.8, 4) is 17.0 Å². The normalized spacial score (nSPS) is 11.0. The minimum Gasteiger partial charge on any atom is -0.497 e. The Morgan fingerprint density at radius 1 is 0.957 bits per heavy atom.